The highest BCUT2D eigenvalue weighted by Gasteiger charge is 2.65. The summed E-state index contributed by atoms with van der Waals surface area (Å²) in [5.74, 6) is 0.920. The Hall–Kier alpha value is -2.34. The van der Waals surface area contributed by atoms with Gasteiger partial charge in [0.05, 0.1) is 6.61 Å². The van der Waals surface area contributed by atoms with E-state index in [0.29, 0.717) is 29.0 Å². The molecule has 3 aliphatic carbocycles. The number of nitrogens with zero attached hydrogens (tertiary/aromatic N) is 2. The molecule has 2 bridgehead atoms. The fourth-order valence-corrected chi connectivity index (χ4v) is 4.05. The quantitative estimate of drug-likeness (QED) is 0.780. The van der Waals surface area contributed by atoms with Gasteiger partial charge in [0.2, 0.25) is 0 Å². The number of hydrogen-bond donors (Lipinski definition) is 3. The lowest BCUT2D eigenvalue weighted by Crippen LogP contribution is -2.72. The van der Waals surface area contributed by atoms with Crippen LogP contribution >= 0.6 is 0 Å². The smallest absolute Gasteiger partial charge is 0.188 e. The van der Waals surface area contributed by atoms with Crippen LogP contribution in [0.2, 0.25) is 0 Å². The van der Waals surface area contributed by atoms with Gasteiger partial charge in [0, 0.05) is 17.2 Å². The Morgan fingerprint density at radius 2 is 1.91 bits per heavy atom. The van der Waals surface area contributed by atoms with Crippen LogP contribution in [0.1, 0.15) is 25.7 Å². The third-order valence-corrected chi connectivity index (χ3v) is 5.04. The maximum Gasteiger partial charge on any atom is 0.188 e. The molecular weight excluding hydrogens is 292 g/mol. The molecule has 1 aromatic carbocycles. The Balaban J connectivity index is 1.46. The average molecular weight is 312 g/mol. The average Bonchev–Trinajstić information content (AvgIpc) is 2.47. The monoisotopic (exact) mass is 312 g/mol. The molecule has 3 aliphatic rings. The number of ether oxygens (including phenoxy) is 1. The molecule has 0 saturated heterocycles. The van der Waals surface area contributed by atoms with Gasteiger partial charge in [0.1, 0.15) is 11.4 Å². The summed E-state index contributed by atoms with van der Waals surface area (Å²) in [5.41, 5.74) is 13.6. The Morgan fingerprint density at radius 3 is 2.61 bits per heavy atom. The summed E-state index contributed by atoms with van der Waals surface area (Å²) in [5, 5.41) is 17.9. The van der Waals surface area contributed by atoms with E-state index in [1.54, 1.807) is 24.3 Å². The molecule has 6 heteroatoms. The number of aromatic hydroxyl groups is 1. The molecule has 6 nitrogen and oxygen atoms in total. The first kappa shape index (κ1) is 14.3. The number of hydrogen-bond acceptors (Lipinski definition) is 6. The number of aromatic nitrogens is 2. The molecule has 23 heavy (non-hydrogen) atoms. The highest BCUT2D eigenvalue weighted by atomic mass is 16.5. The van der Waals surface area contributed by atoms with Gasteiger partial charge in [0.15, 0.2) is 11.6 Å². The topological polar surface area (TPSA) is 107 Å². The second-order valence-electron chi connectivity index (χ2n) is 6.99. The molecule has 1 heterocycles. The van der Waals surface area contributed by atoms with Crippen molar-refractivity contribution in [1.82, 2.24) is 10.2 Å². The van der Waals surface area contributed by atoms with Crippen LogP contribution < -0.4 is 16.2 Å². The lowest BCUT2D eigenvalue weighted by atomic mass is 9.39. The molecule has 0 unspecified atom stereocenters. The summed E-state index contributed by atoms with van der Waals surface area (Å²) in [6.07, 6.45) is 4.31. The van der Waals surface area contributed by atoms with Crippen LogP contribution in [-0.4, -0.2) is 27.4 Å². The normalized spacial score (nSPS) is 27.9. The molecule has 2 aromatic rings. The Labute approximate surface area is 134 Å². The van der Waals surface area contributed by atoms with Crippen molar-refractivity contribution < 1.29 is 9.84 Å². The largest absolute Gasteiger partial charge is 0.507 e. The molecule has 1 aromatic heterocycles. The number of anilines is 1. The standard InChI is InChI=1S/C17H20N4O2/c18-15-14(23-6-5-16-8-17(19,9-16)10-16)7-12(20-21-15)11-3-1-2-4-13(11)22/h1-4,7,22H,5-6,8-10,19H2,(H2,18,21). The number of nitrogens with two attached hydrogens (primary N) is 2. The number of para-hydroxylation sites is 1. The van der Waals surface area contributed by atoms with Crippen LogP contribution in [0.4, 0.5) is 5.82 Å². The molecule has 5 N–H and O–H groups in total. The molecule has 0 radical (unpaired) electrons. The van der Waals surface area contributed by atoms with E-state index in [0.717, 1.165) is 25.7 Å². The molecule has 0 atom stereocenters. The van der Waals surface area contributed by atoms with Gasteiger partial charge in [-0.15, -0.1) is 10.2 Å². The third-order valence-electron chi connectivity index (χ3n) is 5.04. The summed E-state index contributed by atoms with van der Waals surface area (Å²) < 4.78 is 5.82. The summed E-state index contributed by atoms with van der Waals surface area (Å²) in [6.45, 7) is 0.589. The van der Waals surface area contributed by atoms with E-state index in [2.05, 4.69) is 10.2 Å². The first-order valence-corrected chi connectivity index (χ1v) is 7.82. The van der Waals surface area contributed by atoms with Gasteiger partial charge in [0.25, 0.3) is 0 Å². The van der Waals surface area contributed by atoms with Crippen molar-refractivity contribution in [1.29, 1.82) is 0 Å². The minimum absolute atomic E-state index is 0.120. The van der Waals surface area contributed by atoms with E-state index >= 15 is 0 Å². The number of benzene rings is 1. The van der Waals surface area contributed by atoms with Gasteiger partial charge in [-0.3, -0.25) is 0 Å². The summed E-state index contributed by atoms with van der Waals surface area (Å²) >= 11 is 0. The van der Waals surface area contributed by atoms with Crippen molar-refractivity contribution in [2.24, 2.45) is 11.1 Å². The fourth-order valence-electron chi connectivity index (χ4n) is 4.05. The maximum atomic E-state index is 9.92. The predicted molar refractivity (Wildman–Crippen MR) is 86.9 cm³/mol. The zero-order valence-electron chi connectivity index (χ0n) is 12.8. The molecule has 5 rings (SSSR count). The van der Waals surface area contributed by atoms with Crippen molar-refractivity contribution in [2.45, 2.75) is 31.2 Å². The van der Waals surface area contributed by atoms with Crippen LogP contribution in [0.15, 0.2) is 30.3 Å². The summed E-state index contributed by atoms with van der Waals surface area (Å²) in [4.78, 5) is 0. The number of rotatable bonds is 5. The van der Waals surface area contributed by atoms with E-state index in [1.807, 2.05) is 6.07 Å². The van der Waals surface area contributed by atoms with Crippen molar-refractivity contribution in [2.75, 3.05) is 12.3 Å². The zero-order chi connectivity index (χ0) is 16.1. The van der Waals surface area contributed by atoms with Crippen molar-refractivity contribution in [3.05, 3.63) is 30.3 Å². The highest BCUT2D eigenvalue weighted by molar-refractivity contribution is 5.68. The molecule has 0 aliphatic heterocycles. The van der Waals surface area contributed by atoms with Crippen LogP contribution in [0.25, 0.3) is 11.3 Å². The Bertz CT molecular complexity index is 742. The minimum atomic E-state index is 0.120. The van der Waals surface area contributed by atoms with Gasteiger partial charge < -0.3 is 21.3 Å². The first-order chi connectivity index (χ1) is 11.0. The second-order valence-corrected chi connectivity index (χ2v) is 6.99. The van der Waals surface area contributed by atoms with Gasteiger partial charge in [-0.2, -0.15) is 0 Å². The fraction of sp³-hybridized carbons (Fsp3) is 0.412. The molecular formula is C17H20N4O2. The molecule has 0 spiro atoms. The molecule has 0 amide bonds. The molecule has 120 valence electrons. The number of nitrogen functional groups attached to an aromatic ring is 1. The third kappa shape index (κ3) is 2.39. The van der Waals surface area contributed by atoms with Gasteiger partial charge in [-0.05, 0) is 43.2 Å². The summed E-state index contributed by atoms with van der Waals surface area (Å²) in [6, 6.07) is 8.71. The summed E-state index contributed by atoms with van der Waals surface area (Å²) in [7, 11) is 0. The minimum Gasteiger partial charge on any atom is -0.507 e. The molecule has 3 saturated carbocycles. The molecule has 3 fully saturated rings. The highest BCUT2D eigenvalue weighted by Crippen LogP contribution is 2.67. The van der Waals surface area contributed by atoms with Gasteiger partial charge in [-0.25, -0.2) is 0 Å². The maximum absolute atomic E-state index is 9.92. The van der Waals surface area contributed by atoms with Crippen LogP contribution in [0, 0.1) is 5.41 Å². The van der Waals surface area contributed by atoms with Gasteiger partial charge in [-0.1, -0.05) is 12.1 Å². The number of phenols is 1. The van der Waals surface area contributed by atoms with Crippen LogP contribution in [-0.2, 0) is 0 Å². The van der Waals surface area contributed by atoms with E-state index in [-0.39, 0.29) is 17.1 Å². The lowest BCUT2D eigenvalue weighted by molar-refractivity contribution is -0.140. The Kier molecular flexibility index (Phi) is 2.99. The van der Waals surface area contributed by atoms with E-state index in [1.165, 1.54) is 0 Å². The number of phenolic OH excluding ortho intramolecular Hbond substituents is 1. The predicted octanol–water partition coefficient (Wildman–Crippen LogP) is 2.08. The zero-order valence-corrected chi connectivity index (χ0v) is 12.8. The van der Waals surface area contributed by atoms with Crippen molar-refractivity contribution >= 4 is 5.82 Å². The van der Waals surface area contributed by atoms with E-state index in [9.17, 15) is 5.11 Å². The van der Waals surface area contributed by atoms with Crippen molar-refractivity contribution in [3.63, 3.8) is 0 Å². The SMILES string of the molecule is Nc1nnc(-c2ccccc2O)cc1OCCC12CC(N)(C1)C2. The first-order valence-electron chi connectivity index (χ1n) is 7.82. The van der Waals surface area contributed by atoms with Crippen LogP contribution in [0.3, 0.4) is 0 Å². The Morgan fingerprint density at radius 1 is 1.17 bits per heavy atom. The van der Waals surface area contributed by atoms with Crippen LogP contribution in [0.5, 0.6) is 11.5 Å². The van der Waals surface area contributed by atoms with E-state index in [4.69, 9.17) is 16.2 Å². The van der Waals surface area contributed by atoms with Crippen molar-refractivity contribution in [3.8, 4) is 22.8 Å². The second kappa shape index (κ2) is 4.83. The van der Waals surface area contributed by atoms with E-state index < -0.39 is 0 Å². The van der Waals surface area contributed by atoms with Gasteiger partial charge >= 0.3 is 0 Å². The lowest BCUT2D eigenvalue weighted by Gasteiger charge is -2.69.